The van der Waals surface area contributed by atoms with Gasteiger partial charge in [-0.3, -0.25) is 4.79 Å². The summed E-state index contributed by atoms with van der Waals surface area (Å²) in [4.78, 5) is 18.9. The molecule has 4 rings (SSSR count). The second-order valence-electron chi connectivity index (χ2n) is 6.95. The van der Waals surface area contributed by atoms with Crippen LogP contribution in [-0.2, 0) is 11.2 Å². The molecule has 0 aliphatic carbocycles. The highest BCUT2D eigenvalue weighted by atomic mass is 16.5. The second kappa shape index (κ2) is 7.95. The fourth-order valence-corrected chi connectivity index (χ4v) is 3.52. The molecule has 29 heavy (non-hydrogen) atoms. The van der Waals surface area contributed by atoms with Crippen LogP contribution in [0.15, 0.2) is 47.0 Å². The molecular weight excluding hydrogens is 370 g/mol. The van der Waals surface area contributed by atoms with Crippen LogP contribution in [-0.4, -0.2) is 36.8 Å². The van der Waals surface area contributed by atoms with Crippen molar-refractivity contribution in [3.63, 3.8) is 0 Å². The lowest BCUT2D eigenvalue weighted by Gasteiger charge is -2.19. The molecule has 0 saturated carbocycles. The van der Waals surface area contributed by atoms with Crippen molar-refractivity contribution in [2.75, 3.05) is 25.7 Å². The van der Waals surface area contributed by atoms with E-state index in [0.717, 1.165) is 12.0 Å². The average Bonchev–Trinajstić information content (AvgIpc) is 3.40. The standard InChI is InChI=1S/C22H23N3O4/c1-4-14-5-7-15(8-6-14)21-23-22(29-24-21)16-11-20(26)25(13-16)18-10-9-17(27-2)12-19(18)28-3/h5-10,12,16H,4,11,13H2,1-3H3. The predicted octanol–water partition coefficient (Wildman–Crippen LogP) is 3.84. The van der Waals surface area contributed by atoms with Crippen LogP contribution in [0.1, 0.15) is 30.7 Å². The zero-order valence-electron chi connectivity index (χ0n) is 16.7. The number of hydrogen-bond donors (Lipinski definition) is 0. The lowest BCUT2D eigenvalue weighted by molar-refractivity contribution is -0.117. The molecule has 7 nitrogen and oxygen atoms in total. The van der Waals surface area contributed by atoms with Crippen LogP contribution in [0.25, 0.3) is 11.4 Å². The van der Waals surface area contributed by atoms with Crippen LogP contribution < -0.4 is 14.4 Å². The Morgan fingerprint density at radius 2 is 1.93 bits per heavy atom. The number of anilines is 1. The number of methoxy groups -OCH3 is 2. The summed E-state index contributed by atoms with van der Waals surface area (Å²) in [5.74, 6) is 2.10. The zero-order valence-corrected chi connectivity index (χ0v) is 16.7. The van der Waals surface area contributed by atoms with Gasteiger partial charge in [0.25, 0.3) is 0 Å². The fourth-order valence-electron chi connectivity index (χ4n) is 3.52. The molecule has 0 spiro atoms. The predicted molar refractivity (Wildman–Crippen MR) is 108 cm³/mol. The minimum atomic E-state index is -0.162. The number of rotatable bonds is 6. The molecule has 2 aromatic carbocycles. The van der Waals surface area contributed by atoms with E-state index in [2.05, 4.69) is 29.2 Å². The van der Waals surface area contributed by atoms with Gasteiger partial charge >= 0.3 is 0 Å². The number of ether oxygens (including phenoxy) is 2. The van der Waals surface area contributed by atoms with Gasteiger partial charge in [0.1, 0.15) is 11.5 Å². The molecule has 1 aliphatic rings. The summed E-state index contributed by atoms with van der Waals surface area (Å²) in [6, 6.07) is 13.5. The summed E-state index contributed by atoms with van der Waals surface area (Å²) >= 11 is 0. The summed E-state index contributed by atoms with van der Waals surface area (Å²) in [7, 11) is 3.17. The molecule has 150 valence electrons. The Labute approximate surface area is 169 Å². The monoisotopic (exact) mass is 393 g/mol. The van der Waals surface area contributed by atoms with E-state index in [1.807, 2.05) is 24.3 Å². The highest BCUT2D eigenvalue weighted by molar-refractivity contribution is 5.97. The van der Waals surface area contributed by atoms with Crippen LogP contribution in [0.4, 0.5) is 5.69 Å². The van der Waals surface area contributed by atoms with E-state index in [9.17, 15) is 4.79 Å². The molecule has 1 fully saturated rings. The van der Waals surface area contributed by atoms with E-state index in [1.165, 1.54) is 5.56 Å². The van der Waals surface area contributed by atoms with Gasteiger partial charge in [-0.05, 0) is 24.1 Å². The lowest BCUT2D eigenvalue weighted by atomic mass is 10.1. The summed E-state index contributed by atoms with van der Waals surface area (Å²) < 4.78 is 16.2. The Hall–Kier alpha value is -3.35. The minimum absolute atomic E-state index is 0.00878. The third-order valence-corrected chi connectivity index (χ3v) is 5.21. The highest BCUT2D eigenvalue weighted by Crippen LogP contribution is 2.38. The van der Waals surface area contributed by atoms with E-state index in [4.69, 9.17) is 14.0 Å². The average molecular weight is 393 g/mol. The molecule has 2 heterocycles. The number of amides is 1. The molecule has 1 atom stereocenters. The van der Waals surface area contributed by atoms with Gasteiger partial charge in [0.05, 0.1) is 25.8 Å². The molecule has 1 aromatic heterocycles. The first kappa shape index (κ1) is 19.0. The van der Waals surface area contributed by atoms with Crippen molar-refractivity contribution < 1.29 is 18.8 Å². The molecule has 0 radical (unpaired) electrons. The van der Waals surface area contributed by atoms with E-state index >= 15 is 0 Å². The van der Waals surface area contributed by atoms with Gasteiger partial charge in [0.2, 0.25) is 17.6 Å². The largest absolute Gasteiger partial charge is 0.497 e. The molecule has 1 saturated heterocycles. The molecule has 1 unspecified atom stereocenters. The Balaban J connectivity index is 1.55. The molecule has 0 N–H and O–H groups in total. The number of carbonyl (C=O) groups is 1. The van der Waals surface area contributed by atoms with Gasteiger partial charge < -0.3 is 18.9 Å². The maximum Gasteiger partial charge on any atom is 0.232 e. The van der Waals surface area contributed by atoms with Gasteiger partial charge in [-0.15, -0.1) is 0 Å². The van der Waals surface area contributed by atoms with Gasteiger partial charge in [0, 0.05) is 24.6 Å². The maximum absolute atomic E-state index is 12.7. The third kappa shape index (κ3) is 3.68. The van der Waals surface area contributed by atoms with Crippen LogP contribution in [0.2, 0.25) is 0 Å². The first-order valence-corrected chi connectivity index (χ1v) is 9.58. The topological polar surface area (TPSA) is 77.7 Å². The van der Waals surface area contributed by atoms with Gasteiger partial charge in [-0.1, -0.05) is 36.3 Å². The minimum Gasteiger partial charge on any atom is -0.497 e. The molecular formula is C22H23N3O4. The Bertz CT molecular complexity index is 1010. The number of aryl methyl sites for hydroxylation is 1. The van der Waals surface area contributed by atoms with Gasteiger partial charge in [0.15, 0.2) is 0 Å². The van der Waals surface area contributed by atoms with Crippen LogP contribution >= 0.6 is 0 Å². The molecule has 3 aromatic rings. The highest BCUT2D eigenvalue weighted by Gasteiger charge is 2.36. The Morgan fingerprint density at radius 1 is 1.14 bits per heavy atom. The number of nitrogens with zero attached hydrogens (tertiary/aromatic N) is 3. The van der Waals surface area contributed by atoms with Crippen molar-refractivity contribution >= 4 is 11.6 Å². The molecule has 1 amide bonds. The maximum atomic E-state index is 12.7. The van der Waals surface area contributed by atoms with Crippen LogP contribution in [0.3, 0.4) is 0 Å². The van der Waals surface area contributed by atoms with Crippen molar-refractivity contribution in [1.82, 2.24) is 10.1 Å². The van der Waals surface area contributed by atoms with Crippen molar-refractivity contribution in [3.8, 4) is 22.9 Å². The second-order valence-corrected chi connectivity index (χ2v) is 6.95. The Morgan fingerprint density at radius 3 is 2.62 bits per heavy atom. The molecule has 7 heteroatoms. The number of aromatic nitrogens is 2. The number of hydrogen-bond acceptors (Lipinski definition) is 6. The Kier molecular flexibility index (Phi) is 5.20. The smallest absolute Gasteiger partial charge is 0.232 e. The van der Waals surface area contributed by atoms with Crippen molar-refractivity contribution in [1.29, 1.82) is 0 Å². The normalized spacial score (nSPS) is 16.3. The SMILES string of the molecule is CCc1ccc(-c2noc(C3CC(=O)N(c4ccc(OC)cc4OC)C3)n2)cc1. The molecule has 0 bridgehead atoms. The van der Waals surface area contributed by atoms with Crippen molar-refractivity contribution in [2.24, 2.45) is 0 Å². The molecule has 1 aliphatic heterocycles. The summed E-state index contributed by atoms with van der Waals surface area (Å²) in [5, 5.41) is 4.11. The fraction of sp³-hybridized carbons (Fsp3) is 0.318. The summed E-state index contributed by atoms with van der Waals surface area (Å²) in [6.45, 7) is 2.57. The van der Waals surface area contributed by atoms with Gasteiger partial charge in [-0.2, -0.15) is 4.98 Å². The van der Waals surface area contributed by atoms with Crippen molar-refractivity contribution in [3.05, 3.63) is 53.9 Å². The summed E-state index contributed by atoms with van der Waals surface area (Å²) in [5.41, 5.74) is 2.86. The first-order chi connectivity index (χ1) is 14.1. The lowest BCUT2D eigenvalue weighted by Crippen LogP contribution is -2.24. The van der Waals surface area contributed by atoms with E-state index in [0.29, 0.717) is 41.9 Å². The van der Waals surface area contributed by atoms with E-state index in [1.54, 1.807) is 25.2 Å². The van der Waals surface area contributed by atoms with E-state index in [-0.39, 0.29) is 11.8 Å². The number of carbonyl (C=O) groups excluding carboxylic acids is 1. The van der Waals surface area contributed by atoms with Crippen molar-refractivity contribution in [2.45, 2.75) is 25.7 Å². The summed E-state index contributed by atoms with van der Waals surface area (Å²) in [6.07, 6.45) is 1.29. The third-order valence-electron chi connectivity index (χ3n) is 5.21. The quantitative estimate of drug-likeness (QED) is 0.633. The number of benzene rings is 2. The van der Waals surface area contributed by atoms with Crippen LogP contribution in [0.5, 0.6) is 11.5 Å². The van der Waals surface area contributed by atoms with Crippen LogP contribution in [0, 0.1) is 0 Å². The zero-order chi connectivity index (χ0) is 20.4. The van der Waals surface area contributed by atoms with Gasteiger partial charge in [-0.25, -0.2) is 0 Å². The van der Waals surface area contributed by atoms with E-state index < -0.39 is 0 Å². The first-order valence-electron chi connectivity index (χ1n) is 9.58.